The average Bonchev–Trinajstić information content (AvgIpc) is 3.12. The number of halogens is 1. The van der Waals surface area contributed by atoms with Crippen molar-refractivity contribution < 1.29 is 4.79 Å². The van der Waals surface area contributed by atoms with Crippen molar-refractivity contribution in [3.8, 4) is 0 Å². The molecule has 1 aromatic carbocycles. The number of nitrogens with one attached hydrogen (secondary N) is 3. The SMILES string of the molecule is Cl.O=C(NCC1CCN(Cc2ccccc2)CC1)c1n[nH]c2c1CNCC2. The van der Waals surface area contributed by atoms with E-state index in [4.69, 9.17) is 0 Å². The first-order valence-electron chi connectivity index (χ1n) is 9.61. The number of likely N-dealkylation sites (tertiary alicyclic amines) is 1. The van der Waals surface area contributed by atoms with Gasteiger partial charge in [0.05, 0.1) is 0 Å². The molecule has 1 saturated heterocycles. The summed E-state index contributed by atoms with van der Waals surface area (Å²) in [6.07, 6.45) is 3.18. The van der Waals surface area contributed by atoms with Crippen LogP contribution in [0.15, 0.2) is 30.3 Å². The quantitative estimate of drug-likeness (QED) is 0.732. The number of amides is 1. The third-order valence-electron chi connectivity index (χ3n) is 5.53. The van der Waals surface area contributed by atoms with Gasteiger partial charge < -0.3 is 10.6 Å². The largest absolute Gasteiger partial charge is 0.350 e. The van der Waals surface area contributed by atoms with Gasteiger partial charge in [-0.2, -0.15) is 5.10 Å². The van der Waals surface area contributed by atoms with Crippen molar-refractivity contribution in [2.75, 3.05) is 26.2 Å². The first kappa shape index (κ1) is 19.9. The Balaban J connectivity index is 0.00000210. The Bertz CT molecular complexity index is 740. The molecule has 1 amide bonds. The van der Waals surface area contributed by atoms with E-state index in [1.54, 1.807) is 0 Å². The first-order chi connectivity index (χ1) is 12.8. The monoisotopic (exact) mass is 389 g/mol. The van der Waals surface area contributed by atoms with Gasteiger partial charge >= 0.3 is 0 Å². The molecule has 2 aromatic rings. The number of hydrogen-bond acceptors (Lipinski definition) is 4. The van der Waals surface area contributed by atoms with E-state index in [1.165, 1.54) is 5.56 Å². The van der Waals surface area contributed by atoms with Crippen molar-refractivity contribution in [3.05, 3.63) is 52.8 Å². The number of carbonyl (C=O) groups excluding carboxylic acids is 1. The molecule has 146 valence electrons. The van der Waals surface area contributed by atoms with E-state index < -0.39 is 0 Å². The maximum Gasteiger partial charge on any atom is 0.272 e. The Labute approximate surface area is 166 Å². The number of H-pyrrole nitrogens is 1. The summed E-state index contributed by atoms with van der Waals surface area (Å²) in [7, 11) is 0. The fraction of sp³-hybridized carbons (Fsp3) is 0.500. The minimum atomic E-state index is -0.0436. The summed E-state index contributed by atoms with van der Waals surface area (Å²) in [4.78, 5) is 15.0. The maximum absolute atomic E-state index is 12.5. The Hall–Kier alpha value is -1.89. The van der Waals surface area contributed by atoms with Gasteiger partial charge in [0, 0.05) is 43.9 Å². The minimum Gasteiger partial charge on any atom is -0.350 e. The van der Waals surface area contributed by atoms with Crippen molar-refractivity contribution >= 4 is 18.3 Å². The minimum absolute atomic E-state index is 0. The molecule has 27 heavy (non-hydrogen) atoms. The summed E-state index contributed by atoms with van der Waals surface area (Å²) >= 11 is 0. The number of carbonyl (C=O) groups is 1. The fourth-order valence-electron chi connectivity index (χ4n) is 3.92. The normalized spacial score (nSPS) is 17.8. The summed E-state index contributed by atoms with van der Waals surface area (Å²) in [5.74, 6) is 0.511. The lowest BCUT2D eigenvalue weighted by Crippen LogP contribution is -2.38. The van der Waals surface area contributed by atoms with E-state index in [0.717, 1.165) is 69.8 Å². The van der Waals surface area contributed by atoms with Crippen LogP contribution in [0.3, 0.4) is 0 Å². The van der Waals surface area contributed by atoms with Crippen molar-refractivity contribution in [2.24, 2.45) is 5.92 Å². The molecular weight excluding hydrogens is 362 g/mol. The van der Waals surface area contributed by atoms with E-state index in [1.807, 2.05) is 0 Å². The second-order valence-electron chi connectivity index (χ2n) is 7.37. The lowest BCUT2D eigenvalue weighted by atomic mass is 9.96. The zero-order chi connectivity index (χ0) is 17.8. The van der Waals surface area contributed by atoms with Crippen LogP contribution in [0.1, 0.15) is 40.2 Å². The van der Waals surface area contributed by atoms with Gasteiger partial charge in [-0.25, -0.2) is 0 Å². The Kier molecular flexibility index (Phi) is 6.88. The zero-order valence-corrected chi connectivity index (χ0v) is 16.4. The molecule has 0 radical (unpaired) electrons. The van der Waals surface area contributed by atoms with Gasteiger partial charge in [-0.3, -0.25) is 14.8 Å². The van der Waals surface area contributed by atoms with Crippen LogP contribution in [-0.4, -0.2) is 47.2 Å². The van der Waals surface area contributed by atoms with Crippen LogP contribution in [0.5, 0.6) is 0 Å². The summed E-state index contributed by atoms with van der Waals surface area (Å²) in [5, 5.41) is 13.7. The smallest absolute Gasteiger partial charge is 0.272 e. The number of hydrogen-bond donors (Lipinski definition) is 3. The predicted octanol–water partition coefficient (Wildman–Crippen LogP) is 2.12. The molecule has 7 heteroatoms. The molecule has 1 fully saturated rings. The molecule has 0 spiro atoms. The number of piperidine rings is 1. The van der Waals surface area contributed by atoms with Crippen molar-refractivity contribution in [1.82, 2.24) is 25.7 Å². The molecular formula is C20H28ClN5O. The van der Waals surface area contributed by atoms with E-state index in [-0.39, 0.29) is 18.3 Å². The third kappa shape index (κ3) is 4.89. The molecule has 4 rings (SSSR count). The third-order valence-corrected chi connectivity index (χ3v) is 5.53. The molecule has 0 saturated carbocycles. The molecule has 0 aliphatic carbocycles. The summed E-state index contributed by atoms with van der Waals surface area (Å²) in [5.41, 5.74) is 4.07. The van der Waals surface area contributed by atoms with Gasteiger partial charge in [0.25, 0.3) is 5.91 Å². The van der Waals surface area contributed by atoms with Gasteiger partial charge in [-0.15, -0.1) is 12.4 Å². The van der Waals surface area contributed by atoms with Gasteiger partial charge in [-0.1, -0.05) is 30.3 Å². The highest BCUT2D eigenvalue weighted by Gasteiger charge is 2.23. The van der Waals surface area contributed by atoms with Crippen LogP contribution >= 0.6 is 12.4 Å². The highest BCUT2D eigenvalue weighted by atomic mass is 35.5. The predicted molar refractivity (Wildman–Crippen MR) is 108 cm³/mol. The standard InChI is InChI=1S/C20H27N5O.ClH/c26-20(19-17-13-21-9-6-18(17)23-24-19)22-12-15-7-10-25(11-8-15)14-16-4-2-1-3-5-16;/h1-5,15,21H,6-14H2,(H,22,26)(H,23,24);1H. The average molecular weight is 390 g/mol. The zero-order valence-electron chi connectivity index (χ0n) is 15.5. The van der Waals surface area contributed by atoms with E-state index in [2.05, 4.69) is 56.1 Å². The maximum atomic E-state index is 12.5. The number of nitrogens with zero attached hydrogens (tertiary/aromatic N) is 2. The second-order valence-corrected chi connectivity index (χ2v) is 7.37. The number of fused-ring (bicyclic) bond motifs is 1. The van der Waals surface area contributed by atoms with Crippen molar-refractivity contribution in [1.29, 1.82) is 0 Å². The Morgan fingerprint density at radius 3 is 2.78 bits per heavy atom. The highest BCUT2D eigenvalue weighted by molar-refractivity contribution is 5.94. The van der Waals surface area contributed by atoms with Crippen molar-refractivity contribution in [3.63, 3.8) is 0 Å². The summed E-state index contributed by atoms with van der Waals surface area (Å²) in [6.45, 7) is 5.62. The lowest BCUT2D eigenvalue weighted by Gasteiger charge is -2.32. The summed E-state index contributed by atoms with van der Waals surface area (Å²) < 4.78 is 0. The highest BCUT2D eigenvalue weighted by Crippen LogP contribution is 2.19. The van der Waals surface area contributed by atoms with Crippen LogP contribution in [-0.2, 0) is 19.5 Å². The van der Waals surface area contributed by atoms with Crippen LogP contribution in [0.25, 0.3) is 0 Å². The van der Waals surface area contributed by atoms with E-state index in [0.29, 0.717) is 11.6 Å². The molecule has 2 aliphatic rings. The van der Waals surface area contributed by atoms with Crippen LogP contribution < -0.4 is 10.6 Å². The molecule has 3 heterocycles. The summed E-state index contributed by atoms with van der Waals surface area (Å²) in [6, 6.07) is 10.6. The van der Waals surface area contributed by atoms with Crippen molar-refractivity contribution in [2.45, 2.75) is 32.4 Å². The van der Waals surface area contributed by atoms with Gasteiger partial charge in [0.2, 0.25) is 0 Å². The molecule has 6 nitrogen and oxygen atoms in total. The molecule has 1 aromatic heterocycles. The molecule has 0 atom stereocenters. The van der Waals surface area contributed by atoms with Gasteiger partial charge in [0.1, 0.15) is 0 Å². The van der Waals surface area contributed by atoms with E-state index >= 15 is 0 Å². The van der Waals surface area contributed by atoms with Gasteiger partial charge in [0.15, 0.2) is 5.69 Å². The molecule has 0 unspecified atom stereocenters. The van der Waals surface area contributed by atoms with Crippen LogP contribution in [0.4, 0.5) is 0 Å². The Morgan fingerprint density at radius 2 is 2.00 bits per heavy atom. The lowest BCUT2D eigenvalue weighted by molar-refractivity contribution is 0.0929. The van der Waals surface area contributed by atoms with Crippen LogP contribution in [0, 0.1) is 5.92 Å². The fourth-order valence-corrected chi connectivity index (χ4v) is 3.92. The van der Waals surface area contributed by atoms with Gasteiger partial charge in [-0.05, 0) is 37.4 Å². The number of aromatic nitrogens is 2. The Morgan fingerprint density at radius 1 is 1.22 bits per heavy atom. The second kappa shape index (κ2) is 9.35. The number of rotatable bonds is 5. The molecule has 0 bridgehead atoms. The number of benzene rings is 1. The van der Waals surface area contributed by atoms with Crippen LogP contribution in [0.2, 0.25) is 0 Å². The molecule has 3 N–H and O–H groups in total. The molecule has 2 aliphatic heterocycles. The number of aromatic amines is 1. The first-order valence-corrected chi connectivity index (χ1v) is 9.61. The topological polar surface area (TPSA) is 73.0 Å². The van der Waals surface area contributed by atoms with E-state index in [9.17, 15) is 4.79 Å².